The molecule has 0 fully saturated rings. The van der Waals surface area contributed by atoms with Crippen LogP contribution in [0.3, 0.4) is 0 Å². The Balaban J connectivity index is 1.77. The molecular formula is C31H18F9NO14S3. The van der Waals surface area contributed by atoms with Gasteiger partial charge in [0.1, 0.15) is 11.1 Å². The molecule has 6 rings (SSSR count). The van der Waals surface area contributed by atoms with Crippen molar-refractivity contribution in [2.45, 2.75) is 16.5 Å². The molecule has 0 spiro atoms. The van der Waals surface area contributed by atoms with Crippen molar-refractivity contribution < 1.29 is 95.9 Å². The Labute approximate surface area is 316 Å². The molecule has 58 heavy (non-hydrogen) atoms. The van der Waals surface area contributed by atoms with E-state index in [-0.39, 0.29) is 38.2 Å². The predicted molar refractivity (Wildman–Crippen MR) is 180 cm³/mol. The number of halogens is 9. The molecule has 0 saturated carbocycles. The van der Waals surface area contributed by atoms with Crippen LogP contribution in [0.1, 0.15) is 0 Å². The second kappa shape index (κ2) is 13.6. The Bertz CT molecular complexity index is 3080. The maximum absolute atomic E-state index is 13.8. The van der Waals surface area contributed by atoms with Gasteiger partial charge in [-0.3, -0.25) is 0 Å². The predicted octanol–water partition coefficient (Wildman–Crippen LogP) is 6.73. The third-order valence-corrected chi connectivity index (χ3v) is 10.9. The lowest BCUT2D eigenvalue weighted by Crippen LogP contribution is -2.28. The van der Waals surface area contributed by atoms with E-state index in [9.17, 15) is 69.6 Å². The average molecular weight is 896 g/mol. The number of ether oxygens (including phenoxy) is 3. The number of pyridine rings is 1. The summed E-state index contributed by atoms with van der Waals surface area (Å²) in [6.45, 7) is 0. The number of fused-ring (bicyclic) bond motifs is 7. The van der Waals surface area contributed by atoms with Gasteiger partial charge in [0.15, 0.2) is 34.5 Å². The topological polar surface area (TPSA) is 192 Å². The van der Waals surface area contributed by atoms with Crippen LogP contribution >= 0.6 is 0 Å². The van der Waals surface area contributed by atoms with Crippen molar-refractivity contribution in [1.29, 1.82) is 0 Å². The van der Waals surface area contributed by atoms with E-state index in [0.717, 1.165) is 62.3 Å². The van der Waals surface area contributed by atoms with E-state index >= 15 is 0 Å². The van der Waals surface area contributed by atoms with E-state index in [4.69, 9.17) is 18.6 Å². The molecule has 3 aromatic carbocycles. The second-order valence-corrected chi connectivity index (χ2v) is 16.0. The third kappa shape index (κ3) is 6.94. The molecule has 3 aromatic heterocycles. The monoisotopic (exact) mass is 895 g/mol. The van der Waals surface area contributed by atoms with Gasteiger partial charge in [-0.2, -0.15) is 64.8 Å². The smallest absolute Gasteiger partial charge is 0.493 e. The molecule has 0 radical (unpaired) electrons. The molecule has 0 amide bonds. The highest BCUT2D eigenvalue weighted by molar-refractivity contribution is 7.88. The van der Waals surface area contributed by atoms with Crippen LogP contribution < -0.4 is 32.4 Å². The fraction of sp³-hybridized carbons (Fsp3) is 0.194. The number of hydrogen-bond acceptors (Lipinski definition) is 14. The van der Waals surface area contributed by atoms with Gasteiger partial charge in [-0.15, -0.1) is 0 Å². The van der Waals surface area contributed by atoms with E-state index in [1.54, 1.807) is 0 Å². The van der Waals surface area contributed by atoms with Crippen molar-refractivity contribution in [3.05, 3.63) is 65.1 Å². The minimum Gasteiger partial charge on any atom is -0.493 e. The number of rotatable bonds is 10. The lowest BCUT2D eigenvalue weighted by atomic mass is 9.98. The third-order valence-electron chi connectivity index (χ3n) is 8.03. The molecule has 312 valence electrons. The van der Waals surface area contributed by atoms with Crippen LogP contribution in [0.15, 0.2) is 63.9 Å². The molecule has 3 heterocycles. The first-order chi connectivity index (χ1) is 26.7. The SMILES string of the molecule is COc1cc(-c2c3c4cc(OC)c(OS(=O)(=O)C(F)(F)F)cc4oc(=O)c3n3ccc4cc(OS(=O)(=O)C(F)(F)F)c(OC)cc4c23)ccc1OS(=O)(=O)C(F)(F)F. The Morgan fingerprint density at radius 1 is 0.552 bits per heavy atom. The summed E-state index contributed by atoms with van der Waals surface area (Å²) >= 11 is 0. The Morgan fingerprint density at radius 2 is 1.02 bits per heavy atom. The summed E-state index contributed by atoms with van der Waals surface area (Å²) in [6, 6.07) is 7.05. The van der Waals surface area contributed by atoms with Crippen LogP contribution in [-0.2, 0) is 30.4 Å². The minimum atomic E-state index is -6.33. The van der Waals surface area contributed by atoms with Crippen LogP contribution in [0.2, 0.25) is 0 Å². The minimum absolute atomic E-state index is 0.0722. The van der Waals surface area contributed by atoms with E-state index < -0.39 is 98.1 Å². The lowest BCUT2D eigenvalue weighted by molar-refractivity contribution is -0.0505. The van der Waals surface area contributed by atoms with Crippen molar-refractivity contribution in [1.82, 2.24) is 4.40 Å². The summed E-state index contributed by atoms with van der Waals surface area (Å²) in [5, 5.41) is -0.638. The normalized spacial score (nSPS) is 13.3. The van der Waals surface area contributed by atoms with Crippen molar-refractivity contribution >= 4 is 68.5 Å². The van der Waals surface area contributed by atoms with Crippen molar-refractivity contribution in [2.75, 3.05) is 21.3 Å². The zero-order valence-electron chi connectivity index (χ0n) is 28.5. The molecule has 0 saturated heterocycles. The highest BCUT2D eigenvalue weighted by atomic mass is 32.2. The summed E-state index contributed by atoms with van der Waals surface area (Å²) in [5.74, 6) is -5.04. The molecular weight excluding hydrogens is 878 g/mol. The maximum atomic E-state index is 13.8. The van der Waals surface area contributed by atoms with E-state index in [1.165, 1.54) is 6.07 Å². The summed E-state index contributed by atoms with van der Waals surface area (Å²) < 4.78 is 225. The highest BCUT2D eigenvalue weighted by Crippen LogP contribution is 2.48. The molecule has 15 nitrogen and oxygen atoms in total. The first-order valence-corrected chi connectivity index (χ1v) is 19.2. The van der Waals surface area contributed by atoms with Gasteiger partial charge in [-0.25, -0.2) is 4.79 Å². The zero-order chi connectivity index (χ0) is 43.1. The van der Waals surface area contributed by atoms with Crippen molar-refractivity contribution in [3.63, 3.8) is 0 Å². The number of aromatic nitrogens is 1. The van der Waals surface area contributed by atoms with Gasteiger partial charge in [-0.05, 0) is 47.3 Å². The molecule has 27 heteroatoms. The van der Waals surface area contributed by atoms with Crippen molar-refractivity contribution in [3.8, 4) is 45.6 Å². The number of benzene rings is 3. The van der Waals surface area contributed by atoms with Crippen LogP contribution in [0.4, 0.5) is 39.5 Å². The van der Waals surface area contributed by atoms with Gasteiger partial charge in [0.05, 0.1) is 26.8 Å². The molecule has 0 atom stereocenters. The van der Waals surface area contributed by atoms with Gasteiger partial charge in [0, 0.05) is 34.0 Å². The van der Waals surface area contributed by atoms with E-state index in [1.807, 2.05) is 0 Å². The first-order valence-electron chi connectivity index (χ1n) is 15.0. The van der Waals surface area contributed by atoms with Gasteiger partial charge in [0.25, 0.3) is 0 Å². The molecule has 0 N–H and O–H groups in total. The van der Waals surface area contributed by atoms with E-state index in [2.05, 4.69) is 12.5 Å². The second-order valence-electron chi connectivity index (χ2n) is 11.4. The summed E-state index contributed by atoms with van der Waals surface area (Å²) in [5.41, 5.74) is -20.5. The Kier molecular flexibility index (Phi) is 9.83. The van der Waals surface area contributed by atoms with Crippen molar-refractivity contribution in [2.24, 2.45) is 0 Å². The summed E-state index contributed by atoms with van der Waals surface area (Å²) in [4.78, 5) is 13.8. The standard InChI is InChI=1S/C31H18F9NO14S3/c1-49-19-9-14(4-5-17(19)53-56(43,44)29(32,33)34)24-25-16-11-21(51-3)23(55-58(47,48)31(38,39)40)12-18(16)52-28(42)27(25)41-7-6-13-8-22(54-57(45,46)30(35,36)37)20(50-2)10-15(13)26(24)41/h4-12H,1-3H3. The fourth-order valence-electron chi connectivity index (χ4n) is 5.63. The largest absolute Gasteiger partial charge is 0.534 e. The average Bonchev–Trinajstić information content (AvgIpc) is 3.46. The lowest BCUT2D eigenvalue weighted by Gasteiger charge is -2.15. The summed E-state index contributed by atoms with van der Waals surface area (Å²) in [7, 11) is -16.1. The molecule has 0 unspecified atom stereocenters. The quantitative estimate of drug-likeness (QED) is 0.0608. The maximum Gasteiger partial charge on any atom is 0.534 e. The van der Waals surface area contributed by atoms with Crippen LogP contribution in [0.5, 0.6) is 34.5 Å². The summed E-state index contributed by atoms with van der Waals surface area (Å²) in [6.07, 6.45) is 1.13. The Morgan fingerprint density at radius 3 is 1.52 bits per heavy atom. The van der Waals surface area contributed by atoms with Crippen LogP contribution in [0.25, 0.3) is 49.3 Å². The fourth-order valence-corrected chi connectivity index (χ4v) is 7.02. The Hall–Kier alpha value is -5.83. The molecule has 6 aromatic rings. The molecule has 0 aliphatic heterocycles. The van der Waals surface area contributed by atoms with Gasteiger partial charge >= 0.3 is 52.5 Å². The number of hydrogen-bond donors (Lipinski definition) is 0. The highest BCUT2D eigenvalue weighted by Gasteiger charge is 2.51. The number of methoxy groups -OCH3 is 3. The number of alkyl halides is 9. The number of nitrogens with zero attached hydrogens (tertiary/aromatic N) is 1. The van der Waals surface area contributed by atoms with E-state index in [0.29, 0.717) is 12.1 Å². The molecule has 0 bridgehead atoms. The molecule has 0 aliphatic rings. The van der Waals surface area contributed by atoms with Crippen LogP contribution in [-0.4, -0.2) is 67.5 Å². The molecule has 0 aliphatic carbocycles. The van der Waals surface area contributed by atoms with Gasteiger partial charge < -0.3 is 35.6 Å². The zero-order valence-corrected chi connectivity index (χ0v) is 30.9. The van der Waals surface area contributed by atoms with Gasteiger partial charge in [-0.1, -0.05) is 6.07 Å². The first kappa shape index (κ1) is 41.8. The van der Waals surface area contributed by atoms with Gasteiger partial charge in [0.2, 0.25) is 0 Å². The van der Waals surface area contributed by atoms with Crippen LogP contribution in [0, 0.1) is 0 Å².